The first-order valence-electron chi connectivity index (χ1n) is 11.6. The van der Waals surface area contributed by atoms with Gasteiger partial charge in [-0.15, -0.1) is 11.3 Å². The fraction of sp³-hybridized carbons (Fsp3) is 0.308. The molecule has 7 nitrogen and oxygen atoms in total. The smallest absolute Gasteiger partial charge is 0.381 e. The van der Waals surface area contributed by atoms with E-state index in [1.54, 1.807) is 31.2 Å². The van der Waals surface area contributed by atoms with Gasteiger partial charge in [-0.25, -0.2) is 4.98 Å². The zero-order valence-corrected chi connectivity index (χ0v) is 20.7. The maximum absolute atomic E-state index is 13.1. The van der Waals surface area contributed by atoms with Crippen LogP contribution in [-0.2, 0) is 16.3 Å². The minimum Gasteiger partial charge on any atom is -0.381 e. The molecule has 0 saturated carbocycles. The van der Waals surface area contributed by atoms with Crippen LogP contribution in [0.3, 0.4) is 0 Å². The third kappa shape index (κ3) is 5.42. The summed E-state index contributed by atoms with van der Waals surface area (Å²) in [6.45, 7) is 3.10. The van der Waals surface area contributed by atoms with Crippen molar-refractivity contribution >= 4 is 17.2 Å². The van der Waals surface area contributed by atoms with Gasteiger partial charge in [-0.2, -0.15) is 18.2 Å². The summed E-state index contributed by atoms with van der Waals surface area (Å²) in [4.78, 5) is 22.1. The summed E-state index contributed by atoms with van der Waals surface area (Å²) in [7, 11) is 0. The molecule has 2 aromatic carbocycles. The number of aromatic nitrogens is 3. The lowest BCUT2D eigenvalue weighted by Crippen LogP contribution is -2.44. The van der Waals surface area contributed by atoms with E-state index >= 15 is 0 Å². The highest BCUT2D eigenvalue weighted by Crippen LogP contribution is 2.38. The number of nitrogens with one attached hydrogen (secondary N) is 1. The summed E-state index contributed by atoms with van der Waals surface area (Å²) >= 11 is 1.44. The fourth-order valence-electron chi connectivity index (χ4n) is 4.28. The van der Waals surface area contributed by atoms with Crippen LogP contribution in [0.25, 0.3) is 22.6 Å². The molecule has 3 heterocycles. The van der Waals surface area contributed by atoms with E-state index in [4.69, 9.17) is 14.2 Å². The zero-order valence-electron chi connectivity index (χ0n) is 19.8. The topological polar surface area (TPSA) is 90.1 Å². The van der Waals surface area contributed by atoms with Crippen LogP contribution in [0.1, 0.15) is 39.7 Å². The number of alkyl halides is 3. The van der Waals surface area contributed by atoms with Gasteiger partial charge in [0.1, 0.15) is 5.01 Å². The van der Waals surface area contributed by atoms with Gasteiger partial charge in [-0.1, -0.05) is 29.4 Å². The van der Waals surface area contributed by atoms with Crippen molar-refractivity contribution in [1.29, 1.82) is 0 Å². The van der Waals surface area contributed by atoms with Crippen molar-refractivity contribution in [1.82, 2.24) is 20.4 Å². The Morgan fingerprint density at radius 3 is 2.51 bits per heavy atom. The predicted octanol–water partition coefficient (Wildman–Crippen LogP) is 5.67. The summed E-state index contributed by atoms with van der Waals surface area (Å²) < 4.78 is 49.4. The lowest BCUT2D eigenvalue weighted by Gasteiger charge is -2.35. The Labute approximate surface area is 214 Å². The van der Waals surface area contributed by atoms with E-state index in [0.717, 1.165) is 17.1 Å². The van der Waals surface area contributed by atoms with Crippen LogP contribution in [-0.4, -0.2) is 40.8 Å². The quantitative estimate of drug-likeness (QED) is 0.347. The third-order valence-corrected chi connectivity index (χ3v) is 7.50. The Balaban J connectivity index is 1.34. The summed E-state index contributed by atoms with van der Waals surface area (Å²) in [5.41, 5.74) is 1.21. The van der Waals surface area contributed by atoms with Crippen molar-refractivity contribution in [2.45, 2.75) is 31.4 Å². The van der Waals surface area contributed by atoms with Gasteiger partial charge in [0, 0.05) is 54.2 Å². The number of ether oxygens (including phenoxy) is 1. The molecule has 0 atom stereocenters. The van der Waals surface area contributed by atoms with Crippen LogP contribution in [0.5, 0.6) is 0 Å². The molecule has 11 heteroatoms. The van der Waals surface area contributed by atoms with Gasteiger partial charge in [-0.3, -0.25) is 4.79 Å². The minimum absolute atomic E-state index is 0.243. The first-order valence-corrected chi connectivity index (χ1v) is 12.5. The van der Waals surface area contributed by atoms with Crippen LogP contribution < -0.4 is 5.32 Å². The van der Waals surface area contributed by atoms with E-state index in [1.165, 1.54) is 23.5 Å². The number of aryl methyl sites for hydroxylation is 1. The predicted molar refractivity (Wildman–Crippen MR) is 131 cm³/mol. The summed E-state index contributed by atoms with van der Waals surface area (Å²) in [5, 5.41) is 9.62. The molecule has 1 amide bonds. The molecule has 1 N–H and O–H groups in total. The van der Waals surface area contributed by atoms with Crippen molar-refractivity contribution in [3.63, 3.8) is 0 Å². The van der Waals surface area contributed by atoms with Gasteiger partial charge in [0.05, 0.1) is 11.3 Å². The number of thiazole rings is 1. The molecule has 4 aromatic rings. The van der Waals surface area contributed by atoms with Crippen molar-refractivity contribution < 1.29 is 27.2 Å². The molecule has 1 aliphatic rings. The molecule has 0 bridgehead atoms. The number of amides is 1. The molecule has 0 spiro atoms. The van der Waals surface area contributed by atoms with Gasteiger partial charge in [-0.05, 0) is 37.1 Å². The number of carbonyl (C=O) groups is 1. The second kappa shape index (κ2) is 10.1. The maximum atomic E-state index is 13.1. The molecule has 1 aliphatic heterocycles. The molecule has 0 unspecified atom stereocenters. The lowest BCUT2D eigenvalue weighted by atomic mass is 9.80. The van der Waals surface area contributed by atoms with Crippen LogP contribution in [0.15, 0.2) is 58.4 Å². The van der Waals surface area contributed by atoms with E-state index in [2.05, 4.69) is 15.5 Å². The maximum Gasteiger partial charge on any atom is 0.416 e. The summed E-state index contributed by atoms with van der Waals surface area (Å²) in [5.74, 6) is 0.601. The monoisotopic (exact) mass is 528 g/mol. The van der Waals surface area contributed by atoms with Crippen LogP contribution in [0, 0.1) is 6.92 Å². The van der Waals surface area contributed by atoms with Gasteiger partial charge in [0.15, 0.2) is 0 Å². The largest absolute Gasteiger partial charge is 0.416 e. The van der Waals surface area contributed by atoms with E-state index in [-0.39, 0.29) is 5.91 Å². The molecule has 0 aliphatic carbocycles. The first-order chi connectivity index (χ1) is 17.7. The van der Waals surface area contributed by atoms with Gasteiger partial charge in [0.25, 0.3) is 5.91 Å². The van der Waals surface area contributed by atoms with Crippen LogP contribution in [0.4, 0.5) is 13.2 Å². The lowest BCUT2D eigenvalue weighted by molar-refractivity contribution is -0.137. The Bertz CT molecular complexity index is 1390. The van der Waals surface area contributed by atoms with Crippen molar-refractivity contribution in [2.75, 3.05) is 19.8 Å². The summed E-state index contributed by atoms with van der Waals surface area (Å²) in [6, 6.07) is 12.0. The van der Waals surface area contributed by atoms with Crippen LogP contribution >= 0.6 is 11.3 Å². The molecule has 2 aromatic heterocycles. The average molecular weight is 529 g/mol. The number of hydrogen-bond donors (Lipinski definition) is 1. The Kier molecular flexibility index (Phi) is 6.82. The molecule has 0 radical (unpaired) electrons. The SMILES string of the molecule is Cc1nc(-c2cccc(C(=O)NCC3(c4nc(-c5ccc(C(F)(F)F)cc5)cs4)CCOCC3)c2)no1. The van der Waals surface area contributed by atoms with Gasteiger partial charge < -0.3 is 14.6 Å². The van der Waals surface area contributed by atoms with Crippen molar-refractivity contribution in [2.24, 2.45) is 0 Å². The molecule has 192 valence electrons. The number of benzene rings is 2. The highest BCUT2D eigenvalue weighted by Gasteiger charge is 2.38. The Morgan fingerprint density at radius 1 is 1.08 bits per heavy atom. The number of halogens is 3. The summed E-state index contributed by atoms with van der Waals surface area (Å²) in [6.07, 6.45) is -3.06. The van der Waals surface area contributed by atoms with Gasteiger partial charge in [0.2, 0.25) is 11.7 Å². The first kappa shape index (κ1) is 25.1. The van der Waals surface area contributed by atoms with Crippen molar-refractivity contribution in [3.05, 3.63) is 75.9 Å². The Morgan fingerprint density at radius 2 is 1.84 bits per heavy atom. The number of hydrogen-bond acceptors (Lipinski definition) is 7. The van der Waals surface area contributed by atoms with E-state index in [0.29, 0.717) is 66.7 Å². The number of rotatable bonds is 6. The van der Waals surface area contributed by atoms with E-state index in [9.17, 15) is 18.0 Å². The molecule has 1 saturated heterocycles. The second-order valence-corrected chi connectivity index (χ2v) is 9.76. The molecule has 37 heavy (non-hydrogen) atoms. The highest BCUT2D eigenvalue weighted by atomic mass is 32.1. The highest BCUT2D eigenvalue weighted by molar-refractivity contribution is 7.10. The standard InChI is InChI=1S/C26H23F3N4O3S/c1-16-31-22(33-36-16)18-3-2-4-19(13-18)23(34)30-15-25(9-11-35-12-10-25)24-32-21(14-37-24)17-5-7-20(8-6-17)26(27,28)29/h2-8,13-14H,9-12,15H2,1H3,(H,30,34). The molecular weight excluding hydrogens is 505 g/mol. The number of carbonyl (C=O) groups excluding carboxylic acids is 1. The van der Waals surface area contributed by atoms with Gasteiger partial charge >= 0.3 is 6.18 Å². The third-order valence-electron chi connectivity index (χ3n) is 6.41. The fourth-order valence-corrected chi connectivity index (χ4v) is 5.37. The zero-order chi connectivity index (χ0) is 26.0. The minimum atomic E-state index is -4.39. The molecule has 1 fully saturated rings. The molecular formula is C26H23F3N4O3S. The average Bonchev–Trinajstić information content (AvgIpc) is 3.58. The Hall–Kier alpha value is -3.57. The second-order valence-electron chi connectivity index (χ2n) is 8.91. The van der Waals surface area contributed by atoms with Crippen molar-refractivity contribution in [3.8, 4) is 22.6 Å². The van der Waals surface area contributed by atoms with Crippen LogP contribution in [0.2, 0.25) is 0 Å². The molecule has 5 rings (SSSR count). The van der Waals surface area contributed by atoms with E-state index in [1.807, 2.05) is 5.38 Å². The normalized spacial score (nSPS) is 15.5. The van der Waals surface area contributed by atoms with E-state index < -0.39 is 17.2 Å². The number of nitrogens with zero attached hydrogens (tertiary/aromatic N) is 3.